The molecule has 90 valence electrons. The van der Waals surface area contributed by atoms with Gasteiger partial charge in [0.15, 0.2) is 0 Å². The molecular weight excluding hydrogens is 217 g/mol. The molecule has 3 heteroatoms. The maximum atomic E-state index is 13.0. The van der Waals surface area contributed by atoms with Crippen LogP contribution in [-0.2, 0) is 4.79 Å². The van der Waals surface area contributed by atoms with Crippen LogP contribution in [0.5, 0.6) is 0 Å². The largest absolute Gasteiger partial charge is 0.352 e. The molecule has 17 heavy (non-hydrogen) atoms. The third kappa shape index (κ3) is 2.19. The molecule has 1 N–H and O–H groups in total. The Kier molecular flexibility index (Phi) is 2.42. The summed E-state index contributed by atoms with van der Waals surface area (Å²) in [4.78, 5) is 11.7. The van der Waals surface area contributed by atoms with Crippen molar-refractivity contribution in [3.63, 3.8) is 0 Å². The van der Waals surface area contributed by atoms with Gasteiger partial charge in [0.1, 0.15) is 5.82 Å². The fourth-order valence-electron chi connectivity index (χ4n) is 2.44. The Bertz CT molecular complexity index is 459. The van der Waals surface area contributed by atoms with Crippen LogP contribution in [0.3, 0.4) is 0 Å². The van der Waals surface area contributed by atoms with Crippen LogP contribution in [0.2, 0.25) is 0 Å². The van der Waals surface area contributed by atoms with E-state index in [0.717, 1.165) is 18.4 Å². The first-order chi connectivity index (χ1) is 8.15. The Morgan fingerprint density at radius 1 is 1.41 bits per heavy atom. The van der Waals surface area contributed by atoms with Gasteiger partial charge in [-0.25, -0.2) is 4.39 Å². The van der Waals surface area contributed by atoms with Crippen LogP contribution in [0.4, 0.5) is 4.39 Å². The van der Waals surface area contributed by atoms with Gasteiger partial charge >= 0.3 is 0 Å². The van der Waals surface area contributed by atoms with E-state index >= 15 is 0 Å². The van der Waals surface area contributed by atoms with E-state index < -0.39 is 0 Å². The van der Waals surface area contributed by atoms with Crippen molar-refractivity contribution in [1.29, 1.82) is 0 Å². The normalized spacial score (nSPS) is 34.2. The lowest BCUT2D eigenvalue weighted by atomic mass is 10.1. The number of carbonyl (C=O) groups is 1. The van der Waals surface area contributed by atoms with Crippen molar-refractivity contribution in [1.82, 2.24) is 5.32 Å². The van der Waals surface area contributed by atoms with Gasteiger partial charge in [-0.3, -0.25) is 4.79 Å². The maximum absolute atomic E-state index is 13.0. The van der Waals surface area contributed by atoms with Gasteiger partial charge in [0.25, 0.3) is 0 Å². The van der Waals surface area contributed by atoms with Crippen LogP contribution in [0.25, 0.3) is 0 Å². The fraction of sp³-hybridized carbons (Fsp3) is 0.500. The molecule has 0 aromatic heterocycles. The van der Waals surface area contributed by atoms with Crippen LogP contribution in [-0.4, -0.2) is 11.9 Å². The molecule has 1 aromatic rings. The Labute approximate surface area is 100 Å². The molecule has 2 saturated carbocycles. The second-order valence-corrected chi connectivity index (χ2v) is 5.33. The van der Waals surface area contributed by atoms with Crippen molar-refractivity contribution in [3.05, 3.63) is 35.6 Å². The van der Waals surface area contributed by atoms with E-state index in [2.05, 4.69) is 12.2 Å². The summed E-state index contributed by atoms with van der Waals surface area (Å²) in [5.41, 5.74) is 0.999. The van der Waals surface area contributed by atoms with Crippen molar-refractivity contribution in [2.45, 2.75) is 31.7 Å². The lowest BCUT2D eigenvalue weighted by molar-refractivity contribution is -0.122. The van der Waals surface area contributed by atoms with E-state index in [1.165, 1.54) is 6.07 Å². The predicted octanol–water partition coefficient (Wildman–Crippen LogP) is 2.45. The highest BCUT2D eigenvalue weighted by atomic mass is 19.1. The summed E-state index contributed by atoms with van der Waals surface area (Å²) in [5, 5.41) is 3.05. The lowest BCUT2D eigenvalue weighted by Crippen LogP contribution is -2.28. The van der Waals surface area contributed by atoms with E-state index in [1.807, 2.05) is 6.07 Å². The van der Waals surface area contributed by atoms with Crippen LogP contribution in [0.1, 0.15) is 31.2 Å². The highest BCUT2D eigenvalue weighted by Crippen LogP contribution is 2.43. The lowest BCUT2D eigenvalue weighted by Gasteiger charge is -2.04. The summed E-state index contributed by atoms with van der Waals surface area (Å²) in [6.45, 7) is 2.10. The van der Waals surface area contributed by atoms with E-state index in [4.69, 9.17) is 0 Å². The first kappa shape index (κ1) is 10.8. The monoisotopic (exact) mass is 233 g/mol. The minimum Gasteiger partial charge on any atom is -0.352 e. The van der Waals surface area contributed by atoms with E-state index in [1.54, 1.807) is 12.1 Å². The Morgan fingerprint density at radius 3 is 2.82 bits per heavy atom. The highest BCUT2D eigenvalue weighted by Gasteiger charge is 2.44. The first-order valence-corrected chi connectivity index (χ1v) is 6.21. The zero-order valence-corrected chi connectivity index (χ0v) is 9.82. The highest BCUT2D eigenvalue weighted by molar-refractivity contribution is 5.82. The number of amides is 1. The third-order valence-electron chi connectivity index (χ3n) is 3.84. The number of hydrogen-bond donors (Lipinski definition) is 1. The zero-order chi connectivity index (χ0) is 12.0. The molecule has 1 amide bonds. The number of rotatable bonds is 3. The summed E-state index contributed by atoms with van der Waals surface area (Å²) in [6.07, 6.45) is 1.96. The zero-order valence-electron chi connectivity index (χ0n) is 9.82. The van der Waals surface area contributed by atoms with Gasteiger partial charge in [0, 0.05) is 17.9 Å². The minimum absolute atomic E-state index is 0.182. The quantitative estimate of drug-likeness (QED) is 0.853. The molecule has 2 aliphatic carbocycles. The summed E-state index contributed by atoms with van der Waals surface area (Å²) in [6, 6.07) is 6.89. The summed E-state index contributed by atoms with van der Waals surface area (Å²) < 4.78 is 13.0. The second-order valence-electron chi connectivity index (χ2n) is 5.33. The van der Waals surface area contributed by atoms with E-state index in [0.29, 0.717) is 11.8 Å². The average molecular weight is 233 g/mol. The van der Waals surface area contributed by atoms with Gasteiger partial charge in [0.2, 0.25) is 5.91 Å². The standard InChI is InChI=1S/C14H16FNO/c1-8-5-11(8)14(17)16-13-7-12(13)9-3-2-4-10(15)6-9/h2-4,6,8,11-13H,5,7H2,1H3,(H,16,17). The second kappa shape index (κ2) is 3.83. The Balaban J connectivity index is 1.58. The number of nitrogens with one attached hydrogen (secondary N) is 1. The molecular formula is C14H16FNO. The molecule has 2 fully saturated rings. The van der Waals surface area contributed by atoms with Gasteiger partial charge < -0.3 is 5.32 Å². The molecule has 1 aromatic carbocycles. The molecule has 4 atom stereocenters. The van der Waals surface area contributed by atoms with Gasteiger partial charge in [-0.05, 0) is 36.5 Å². The first-order valence-electron chi connectivity index (χ1n) is 6.21. The third-order valence-corrected chi connectivity index (χ3v) is 3.84. The van der Waals surface area contributed by atoms with Crippen LogP contribution in [0.15, 0.2) is 24.3 Å². The minimum atomic E-state index is -0.199. The number of benzene rings is 1. The van der Waals surface area contributed by atoms with Crippen LogP contribution in [0, 0.1) is 17.7 Å². The molecule has 4 unspecified atom stereocenters. The van der Waals surface area contributed by atoms with Gasteiger partial charge in [-0.15, -0.1) is 0 Å². The Hall–Kier alpha value is -1.38. The molecule has 2 aliphatic rings. The van der Waals surface area contributed by atoms with Gasteiger partial charge in [-0.2, -0.15) is 0 Å². The molecule has 2 nitrogen and oxygen atoms in total. The molecule has 0 saturated heterocycles. The molecule has 0 radical (unpaired) electrons. The van der Waals surface area contributed by atoms with Crippen molar-refractivity contribution >= 4 is 5.91 Å². The Morgan fingerprint density at radius 2 is 2.18 bits per heavy atom. The summed E-state index contributed by atoms with van der Waals surface area (Å²) in [5.74, 6) is 1.06. The molecule has 0 bridgehead atoms. The fourth-order valence-corrected chi connectivity index (χ4v) is 2.44. The predicted molar refractivity (Wildman–Crippen MR) is 63.0 cm³/mol. The SMILES string of the molecule is CC1CC1C(=O)NC1CC1c1cccc(F)c1. The van der Waals surface area contributed by atoms with Crippen molar-refractivity contribution in [3.8, 4) is 0 Å². The van der Waals surface area contributed by atoms with Crippen molar-refractivity contribution in [2.75, 3.05) is 0 Å². The number of halogens is 1. The topological polar surface area (TPSA) is 29.1 Å². The molecule has 0 heterocycles. The maximum Gasteiger partial charge on any atom is 0.223 e. The number of hydrogen-bond acceptors (Lipinski definition) is 1. The van der Waals surface area contributed by atoms with E-state index in [9.17, 15) is 9.18 Å². The van der Waals surface area contributed by atoms with Gasteiger partial charge in [-0.1, -0.05) is 19.1 Å². The van der Waals surface area contributed by atoms with Crippen LogP contribution < -0.4 is 5.32 Å². The van der Waals surface area contributed by atoms with Crippen molar-refractivity contribution in [2.24, 2.45) is 11.8 Å². The van der Waals surface area contributed by atoms with Crippen molar-refractivity contribution < 1.29 is 9.18 Å². The summed E-state index contributed by atoms with van der Waals surface area (Å²) in [7, 11) is 0. The van der Waals surface area contributed by atoms with Crippen LogP contribution >= 0.6 is 0 Å². The summed E-state index contributed by atoms with van der Waals surface area (Å²) >= 11 is 0. The number of carbonyl (C=O) groups excluding carboxylic acids is 1. The smallest absolute Gasteiger partial charge is 0.223 e. The molecule has 0 spiro atoms. The average Bonchev–Trinajstić information content (AvgIpc) is 3.16. The van der Waals surface area contributed by atoms with E-state index in [-0.39, 0.29) is 23.7 Å². The molecule has 0 aliphatic heterocycles. The molecule has 3 rings (SSSR count). The van der Waals surface area contributed by atoms with Gasteiger partial charge in [0.05, 0.1) is 0 Å².